The molecule has 0 bridgehead atoms. The molecule has 1 saturated carbocycles. The third kappa shape index (κ3) is 5.40. The summed E-state index contributed by atoms with van der Waals surface area (Å²) in [7, 11) is 4.00. The lowest BCUT2D eigenvalue weighted by Gasteiger charge is -2.29. The SMILES string of the molecule is CN(C)c1nc(NC2CCC(NC(=O)/C=C/c3ccccc3)CC2)nc2ccccc12. The van der Waals surface area contributed by atoms with Crippen LogP contribution in [0.15, 0.2) is 60.7 Å². The molecule has 1 heterocycles. The summed E-state index contributed by atoms with van der Waals surface area (Å²) in [6.07, 6.45) is 7.29. The van der Waals surface area contributed by atoms with Crippen LogP contribution in [0.2, 0.25) is 0 Å². The van der Waals surface area contributed by atoms with Crippen molar-refractivity contribution in [3.05, 3.63) is 66.2 Å². The van der Waals surface area contributed by atoms with Crippen molar-refractivity contribution in [1.82, 2.24) is 15.3 Å². The van der Waals surface area contributed by atoms with Gasteiger partial charge in [-0.1, -0.05) is 42.5 Å². The van der Waals surface area contributed by atoms with Crippen molar-refractivity contribution in [1.29, 1.82) is 0 Å². The summed E-state index contributed by atoms with van der Waals surface area (Å²) in [4.78, 5) is 23.7. The molecule has 1 aliphatic carbocycles. The van der Waals surface area contributed by atoms with Gasteiger partial charge in [-0.05, 0) is 49.5 Å². The molecule has 0 radical (unpaired) electrons. The van der Waals surface area contributed by atoms with Crippen molar-refractivity contribution in [2.75, 3.05) is 24.3 Å². The highest BCUT2D eigenvalue weighted by atomic mass is 16.1. The Morgan fingerprint density at radius 2 is 1.61 bits per heavy atom. The van der Waals surface area contributed by atoms with E-state index >= 15 is 0 Å². The van der Waals surface area contributed by atoms with E-state index in [-0.39, 0.29) is 11.9 Å². The molecule has 0 spiro atoms. The van der Waals surface area contributed by atoms with Crippen LogP contribution in [-0.4, -0.2) is 42.1 Å². The highest BCUT2D eigenvalue weighted by Gasteiger charge is 2.23. The van der Waals surface area contributed by atoms with Gasteiger partial charge in [-0.3, -0.25) is 4.79 Å². The number of hydrogen-bond donors (Lipinski definition) is 2. The van der Waals surface area contributed by atoms with Crippen molar-refractivity contribution < 1.29 is 4.79 Å². The molecule has 1 amide bonds. The number of hydrogen-bond acceptors (Lipinski definition) is 5. The molecule has 0 aliphatic heterocycles. The topological polar surface area (TPSA) is 70.2 Å². The second kappa shape index (κ2) is 9.60. The van der Waals surface area contributed by atoms with Gasteiger partial charge in [-0.15, -0.1) is 0 Å². The number of aromatic nitrogens is 2. The van der Waals surface area contributed by atoms with E-state index in [1.165, 1.54) is 0 Å². The summed E-state index contributed by atoms with van der Waals surface area (Å²) in [5.74, 6) is 1.55. The molecular weight excluding hydrogens is 386 g/mol. The van der Waals surface area contributed by atoms with Gasteiger partial charge in [-0.2, -0.15) is 4.98 Å². The van der Waals surface area contributed by atoms with Gasteiger partial charge in [0.05, 0.1) is 5.52 Å². The molecule has 2 aromatic carbocycles. The Labute approximate surface area is 183 Å². The van der Waals surface area contributed by atoms with Crippen molar-refractivity contribution in [3.8, 4) is 0 Å². The number of anilines is 2. The van der Waals surface area contributed by atoms with Crippen molar-refractivity contribution in [2.45, 2.75) is 37.8 Å². The van der Waals surface area contributed by atoms with E-state index in [1.807, 2.05) is 73.6 Å². The monoisotopic (exact) mass is 415 g/mol. The number of para-hydroxylation sites is 1. The third-order valence-corrected chi connectivity index (χ3v) is 5.64. The third-order valence-electron chi connectivity index (χ3n) is 5.64. The Morgan fingerprint density at radius 3 is 2.35 bits per heavy atom. The molecule has 1 aliphatic rings. The van der Waals surface area contributed by atoms with Crippen LogP contribution >= 0.6 is 0 Å². The van der Waals surface area contributed by atoms with Gasteiger partial charge in [0, 0.05) is 37.6 Å². The van der Waals surface area contributed by atoms with E-state index in [2.05, 4.69) is 16.7 Å². The van der Waals surface area contributed by atoms with E-state index in [0.29, 0.717) is 12.0 Å². The predicted molar refractivity (Wildman–Crippen MR) is 127 cm³/mol. The Balaban J connectivity index is 1.32. The molecule has 2 N–H and O–H groups in total. The molecule has 3 aromatic rings. The van der Waals surface area contributed by atoms with Gasteiger partial charge >= 0.3 is 0 Å². The molecule has 4 rings (SSSR count). The second-order valence-corrected chi connectivity index (χ2v) is 8.23. The lowest BCUT2D eigenvalue weighted by Crippen LogP contribution is -2.39. The highest BCUT2D eigenvalue weighted by Crippen LogP contribution is 2.26. The fraction of sp³-hybridized carbons (Fsp3) is 0.320. The zero-order valence-corrected chi connectivity index (χ0v) is 18.1. The van der Waals surface area contributed by atoms with E-state index in [1.54, 1.807) is 6.08 Å². The molecular formula is C25H29N5O. The Kier molecular flexibility index (Phi) is 6.46. The summed E-state index contributed by atoms with van der Waals surface area (Å²) in [6, 6.07) is 18.5. The molecule has 6 heteroatoms. The summed E-state index contributed by atoms with van der Waals surface area (Å²) in [5.41, 5.74) is 1.97. The van der Waals surface area contributed by atoms with Gasteiger partial charge in [0.15, 0.2) is 0 Å². The standard InChI is InChI=1S/C25H29N5O/c1-30(2)24-21-10-6-7-11-22(21)28-25(29-24)27-20-15-13-19(14-16-20)26-23(31)17-12-18-8-4-3-5-9-18/h3-12,17,19-20H,13-16H2,1-2H3,(H,26,31)(H,27,28,29)/b17-12+. The summed E-state index contributed by atoms with van der Waals surface area (Å²) in [6.45, 7) is 0. The summed E-state index contributed by atoms with van der Waals surface area (Å²) in [5, 5.41) is 7.69. The number of rotatable bonds is 6. The first-order chi connectivity index (χ1) is 15.1. The maximum absolute atomic E-state index is 12.2. The highest BCUT2D eigenvalue weighted by molar-refractivity contribution is 5.92. The lowest BCUT2D eigenvalue weighted by atomic mass is 9.91. The molecule has 0 atom stereocenters. The van der Waals surface area contributed by atoms with Crippen LogP contribution in [0.5, 0.6) is 0 Å². The molecule has 6 nitrogen and oxygen atoms in total. The van der Waals surface area contributed by atoms with Crippen LogP contribution in [0.4, 0.5) is 11.8 Å². The van der Waals surface area contributed by atoms with Crippen molar-refractivity contribution in [3.63, 3.8) is 0 Å². The average Bonchev–Trinajstić information content (AvgIpc) is 2.79. The van der Waals surface area contributed by atoms with Gasteiger partial charge in [-0.25, -0.2) is 4.98 Å². The normalized spacial score (nSPS) is 18.8. The predicted octanol–water partition coefficient (Wildman–Crippen LogP) is 4.25. The number of benzene rings is 2. The fourth-order valence-corrected chi connectivity index (χ4v) is 4.02. The lowest BCUT2D eigenvalue weighted by molar-refractivity contribution is -0.117. The minimum atomic E-state index is -0.0336. The summed E-state index contributed by atoms with van der Waals surface area (Å²) >= 11 is 0. The largest absolute Gasteiger partial charge is 0.362 e. The zero-order chi connectivity index (χ0) is 21.6. The number of fused-ring (bicyclic) bond motifs is 1. The second-order valence-electron chi connectivity index (χ2n) is 8.23. The van der Waals surface area contributed by atoms with Gasteiger partial charge < -0.3 is 15.5 Å². The molecule has 1 aromatic heterocycles. The molecule has 0 saturated heterocycles. The fourth-order valence-electron chi connectivity index (χ4n) is 4.02. The van der Waals surface area contributed by atoms with Crippen LogP contribution in [0.25, 0.3) is 17.0 Å². The Morgan fingerprint density at radius 1 is 0.935 bits per heavy atom. The first-order valence-corrected chi connectivity index (χ1v) is 10.8. The smallest absolute Gasteiger partial charge is 0.244 e. The van der Waals surface area contributed by atoms with Crippen LogP contribution in [-0.2, 0) is 4.79 Å². The first-order valence-electron chi connectivity index (χ1n) is 10.8. The molecule has 160 valence electrons. The maximum Gasteiger partial charge on any atom is 0.244 e. The van der Waals surface area contributed by atoms with Crippen LogP contribution in [0, 0.1) is 0 Å². The van der Waals surface area contributed by atoms with Crippen LogP contribution in [0.1, 0.15) is 31.2 Å². The number of amides is 1. The Hall–Kier alpha value is -3.41. The first kappa shape index (κ1) is 20.8. The molecule has 1 fully saturated rings. The number of carbonyl (C=O) groups is 1. The zero-order valence-electron chi connectivity index (χ0n) is 18.1. The van der Waals surface area contributed by atoms with E-state index < -0.39 is 0 Å². The minimum Gasteiger partial charge on any atom is -0.362 e. The number of nitrogens with zero attached hydrogens (tertiary/aromatic N) is 3. The van der Waals surface area contributed by atoms with E-state index in [9.17, 15) is 4.79 Å². The van der Waals surface area contributed by atoms with Gasteiger partial charge in [0.2, 0.25) is 11.9 Å². The minimum absolute atomic E-state index is 0.0336. The number of nitrogens with one attached hydrogen (secondary N) is 2. The van der Waals surface area contributed by atoms with Crippen LogP contribution in [0.3, 0.4) is 0 Å². The molecule has 0 unspecified atom stereocenters. The van der Waals surface area contributed by atoms with E-state index in [0.717, 1.165) is 48.0 Å². The number of carbonyl (C=O) groups excluding carboxylic acids is 1. The van der Waals surface area contributed by atoms with Crippen molar-refractivity contribution >= 4 is 34.7 Å². The quantitative estimate of drug-likeness (QED) is 0.589. The maximum atomic E-state index is 12.2. The van der Waals surface area contributed by atoms with Gasteiger partial charge in [0.25, 0.3) is 0 Å². The van der Waals surface area contributed by atoms with Crippen molar-refractivity contribution in [2.24, 2.45) is 0 Å². The van der Waals surface area contributed by atoms with Gasteiger partial charge in [0.1, 0.15) is 5.82 Å². The average molecular weight is 416 g/mol. The van der Waals surface area contributed by atoms with Crippen LogP contribution < -0.4 is 15.5 Å². The molecule has 31 heavy (non-hydrogen) atoms. The van der Waals surface area contributed by atoms with E-state index in [4.69, 9.17) is 9.97 Å². The Bertz CT molecular complexity index is 1060. The summed E-state index contributed by atoms with van der Waals surface area (Å²) < 4.78 is 0.